The molecule has 0 heterocycles. The van der Waals surface area contributed by atoms with Gasteiger partial charge in [-0.3, -0.25) is 0 Å². The van der Waals surface area contributed by atoms with E-state index in [1.807, 2.05) is 18.2 Å². The molecule has 0 aliphatic rings. The lowest BCUT2D eigenvalue weighted by Crippen LogP contribution is -2.28. The zero-order chi connectivity index (χ0) is 18.9. The molecule has 2 nitrogen and oxygen atoms in total. The molecule has 0 spiro atoms. The van der Waals surface area contributed by atoms with Gasteiger partial charge in [0.2, 0.25) is 0 Å². The minimum Gasteiger partial charge on any atom is -0.394 e. The SMILES string of the molecule is CC(CCN[C@@H](CO)c1ccccc1)P(c1ccccc1)c1ccccc1. The first kappa shape index (κ1) is 19.8. The molecule has 2 N–H and O–H groups in total. The summed E-state index contributed by atoms with van der Waals surface area (Å²) in [6, 6.07) is 31.9. The maximum Gasteiger partial charge on any atom is 0.0626 e. The largest absolute Gasteiger partial charge is 0.394 e. The van der Waals surface area contributed by atoms with Gasteiger partial charge in [-0.2, -0.15) is 0 Å². The number of hydrogen-bond donors (Lipinski definition) is 2. The van der Waals surface area contributed by atoms with Crippen molar-refractivity contribution in [2.75, 3.05) is 13.2 Å². The van der Waals surface area contributed by atoms with Crippen LogP contribution in [0.5, 0.6) is 0 Å². The zero-order valence-corrected chi connectivity index (χ0v) is 16.7. The molecule has 3 rings (SSSR count). The third-order valence-corrected chi connectivity index (χ3v) is 7.70. The second kappa shape index (κ2) is 10.4. The molecule has 0 aromatic heterocycles. The maximum atomic E-state index is 9.75. The van der Waals surface area contributed by atoms with Gasteiger partial charge in [-0.25, -0.2) is 0 Å². The molecule has 3 aromatic rings. The van der Waals surface area contributed by atoms with Gasteiger partial charge in [0.05, 0.1) is 12.6 Å². The van der Waals surface area contributed by atoms with Crippen LogP contribution in [0.1, 0.15) is 24.9 Å². The summed E-state index contributed by atoms with van der Waals surface area (Å²) in [6.45, 7) is 3.36. The molecule has 27 heavy (non-hydrogen) atoms. The molecule has 0 radical (unpaired) electrons. The fraction of sp³-hybridized carbons (Fsp3) is 0.250. The topological polar surface area (TPSA) is 32.3 Å². The molecule has 0 amide bonds. The van der Waals surface area contributed by atoms with Gasteiger partial charge >= 0.3 is 0 Å². The van der Waals surface area contributed by atoms with Gasteiger partial charge in [-0.15, -0.1) is 0 Å². The van der Waals surface area contributed by atoms with Gasteiger partial charge in [0, 0.05) is 0 Å². The van der Waals surface area contributed by atoms with Crippen LogP contribution in [0.4, 0.5) is 0 Å². The van der Waals surface area contributed by atoms with E-state index in [-0.39, 0.29) is 12.6 Å². The number of rotatable bonds is 9. The third kappa shape index (κ3) is 5.49. The van der Waals surface area contributed by atoms with Crippen molar-refractivity contribution in [2.45, 2.75) is 25.0 Å². The Kier molecular flexibility index (Phi) is 7.59. The van der Waals surface area contributed by atoms with E-state index in [4.69, 9.17) is 0 Å². The molecular formula is C24H28NOP. The van der Waals surface area contributed by atoms with Crippen LogP contribution in [0, 0.1) is 0 Å². The molecule has 0 saturated heterocycles. The highest BCUT2D eigenvalue weighted by Gasteiger charge is 2.21. The first-order chi connectivity index (χ1) is 13.3. The van der Waals surface area contributed by atoms with Gasteiger partial charge in [-0.05, 0) is 42.7 Å². The average molecular weight is 377 g/mol. The molecule has 3 heteroatoms. The summed E-state index contributed by atoms with van der Waals surface area (Å²) in [7, 11) is -0.404. The van der Waals surface area contributed by atoms with E-state index in [2.05, 4.69) is 85.0 Å². The molecule has 0 aliphatic carbocycles. The Balaban J connectivity index is 1.67. The van der Waals surface area contributed by atoms with Crippen LogP contribution in [0.3, 0.4) is 0 Å². The quantitative estimate of drug-likeness (QED) is 0.547. The average Bonchev–Trinajstić information content (AvgIpc) is 2.74. The zero-order valence-electron chi connectivity index (χ0n) is 15.8. The van der Waals surface area contributed by atoms with E-state index in [1.165, 1.54) is 10.6 Å². The lowest BCUT2D eigenvalue weighted by molar-refractivity contribution is 0.244. The van der Waals surface area contributed by atoms with Crippen molar-refractivity contribution in [1.82, 2.24) is 5.32 Å². The van der Waals surface area contributed by atoms with E-state index in [1.54, 1.807) is 0 Å². The monoisotopic (exact) mass is 377 g/mol. The standard InChI is InChI=1S/C24H28NOP/c1-20(17-18-25-24(19-26)21-11-5-2-6-12-21)27(22-13-7-3-8-14-22)23-15-9-4-10-16-23/h2-16,20,24-26H,17-19H2,1H3/t20?,24-/m0/s1. The molecular weight excluding hydrogens is 349 g/mol. The van der Waals surface area contributed by atoms with Crippen LogP contribution in [-0.4, -0.2) is 23.9 Å². The second-order valence-corrected chi connectivity index (χ2v) is 9.43. The van der Waals surface area contributed by atoms with Crippen LogP contribution < -0.4 is 15.9 Å². The Bertz CT molecular complexity index is 740. The molecule has 0 fully saturated rings. The number of aliphatic hydroxyl groups excluding tert-OH is 1. The summed E-state index contributed by atoms with van der Waals surface area (Å²) >= 11 is 0. The molecule has 140 valence electrons. The van der Waals surface area contributed by atoms with E-state index >= 15 is 0 Å². The Morgan fingerprint density at radius 3 is 1.74 bits per heavy atom. The highest BCUT2D eigenvalue weighted by atomic mass is 31.1. The van der Waals surface area contributed by atoms with E-state index in [0.29, 0.717) is 5.66 Å². The van der Waals surface area contributed by atoms with Crippen molar-refractivity contribution >= 4 is 18.5 Å². The third-order valence-electron chi connectivity index (χ3n) is 4.85. The lowest BCUT2D eigenvalue weighted by Gasteiger charge is -2.26. The smallest absolute Gasteiger partial charge is 0.0626 e. The van der Waals surface area contributed by atoms with Crippen LogP contribution in [0.2, 0.25) is 0 Å². The van der Waals surface area contributed by atoms with Crippen molar-refractivity contribution in [2.24, 2.45) is 0 Å². The van der Waals surface area contributed by atoms with Crippen molar-refractivity contribution < 1.29 is 5.11 Å². The van der Waals surface area contributed by atoms with Crippen LogP contribution in [0.25, 0.3) is 0 Å². The van der Waals surface area contributed by atoms with Crippen molar-refractivity contribution in [3.8, 4) is 0 Å². The summed E-state index contributed by atoms with van der Waals surface area (Å²) in [5.41, 5.74) is 1.69. The van der Waals surface area contributed by atoms with Gasteiger partial charge in [-0.1, -0.05) is 97.9 Å². The summed E-state index contributed by atoms with van der Waals surface area (Å²) in [4.78, 5) is 0. The number of aliphatic hydroxyl groups is 1. The molecule has 0 bridgehead atoms. The van der Waals surface area contributed by atoms with Gasteiger partial charge in [0.15, 0.2) is 0 Å². The normalized spacial score (nSPS) is 13.4. The lowest BCUT2D eigenvalue weighted by atomic mass is 10.1. The predicted molar refractivity (Wildman–Crippen MR) is 117 cm³/mol. The molecule has 0 saturated carbocycles. The molecule has 2 atom stereocenters. The highest BCUT2D eigenvalue weighted by molar-refractivity contribution is 7.73. The Morgan fingerprint density at radius 2 is 1.26 bits per heavy atom. The minimum absolute atomic E-state index is 0.00178. The van der Waals surface area contributed by atoms with Crippen LogP contribution in [0.15, 0.2) is 91.0 Å². The molecule has 3 aromatic carbocycles. The summed E-state index contributed by atoms with van der Waals surface area (Å²) in [6.07, 6.45) is 1.07. The number of benzene rings is 3. The van der Waals surface area contributed by atoms with Crippen LogP contribution in [-0.2, 0) is 0 Å². The molecule has 1 unspecified atom stereocenters. The Hall–Kier alpha value is -1.99. The first-order valence-electron chi connectivity index (χ1n) is 9.58. The van der Waals surface area contributed by atoms with Crippen molar-refractivity contribution in [3.05, 3.63) is 96.6 Å². The minimum atomic E-state index is -0.404. The fourth-order valence-electron chi connectivity index (χ4n) is 3.40. The van der Waals surface area contributed by atoms with Crippen molar-refractivity contribution in [3.63, 3.8) is 0 Å². The Morgan fingerprint density at radius 1 is 0.778 bits per heavy atom. The number of hydrogen-bond acceptors (Lipinski definition) is 2. The maximum absolute atomic E-state index is 9.75. The van der Waals surface area contributed by atoms with Gasteiger partial charge in [0.1, 0.15) is 0 Å². The summed E-state index contributed by atoms with van der Waals surface area (Å²) in [5.74, 6) is 0. The summed E-state index contributed by atoms with van der Waals surface area (Å²) in [5, 5.41) is 16.1. The number of nitrogens with one attached hydrogen (secondary N) is 1. The fourth-order valence-corrected chi connectivity index (χ4v) is 6.09. The Labute approximate surface area is 164 Å². The van der Waals surface area contributed by atoms with Crippen LogP contribution >= 0.6 is 7.92 Å². The van der Waals surface area contributed by atoms with E-state index < -0.39 is 7.92 Å². The predicted octanol–water partition coefficient (Wildman–Crippen LogP) is 4.22. The first-order valence-corrected chi connectivity index (χ1v) is 11.0. The second-order valence-electron chi connectivity index (χ2n) is 6.78. The van der Waals surface area contributed by atoms with E-state index in [0.717, 1.165) is 18.5 Å². The van der Waals surface area contributed by atoms with E-state index in [9.17, 15) is 5.11 Å². The van der Waals surface area contributed by atoms with Crippen molar-refractivity contribution in [1.29, 1.82) is 0 Å². The van der Waals surface area contributed by atoms with Gasteiger partial charge < -0.3 is 10.4 Å². The highest BCUT2D eigenvalue weighted by Crippen LogP contribution is 2.40. The van der Waals surface area contributed by atoms with Gasteiger partial charge in [0.25, 0.3) is 0 Å². The summed E-state index contributed by atoms with van der Waals surface area (Å²) < 4.78 is 0. The molecule has 0 aliphatic heterocycles.